The fraction of sp³-hybridized carbons (Fsp3) is 0.0667. The number of ether oxygens (including phenoxy) is 1. The molecule has 1 N–H and O–H groups in total. The van der Waals surface area contributed by atoms with Crippen LogP contribution in [-0.4, -0.2) is 17.3 Å². The molecule has 0 unspecified atom stereocenters. The summed E-state index contributed by atoms with van der Waals surface area (Å²) >= 11 is 5.11. The Labute approximate surface area is 116 Å². The quantitative estimate of drug-likeness (QED) is 0.538. The molecule has 4 heteroatoms. The van der Waals surface area contributed by atoms with Gasteiger partial charge >= 0.3 is 0 Å². The van der Waals surface area contributed by atoms with Gasteiger partial charge < -0.3 is 10.1 Å². The molecular formula is C15H12N2OS. The number of pyridine rings is 1. The highest BCUT2D eigenvalue weighted by Crippen LogP contribution is 2.30. The Morgan fingerprint density at radius 3 is 2.05 bits per heavy atom. The van der Waals surface area contributed by atoms with E-state index in [0.717, 1.165) is 27.5 Å². The fourth-order valence-electron chi connectivity index (χ4n) is 2.13. The second-order valence-corrected chi connectivity index (χ2v) is 4.51. The maximum absolute atomic E-state index is 5.11. The summed E-state index contributed by atoms with van der Waals surface area (Å²) in [7, 11) is 1.56. The van der Waals surface area contributed by atoms with Gasteiger partial charge in [-0.25, -0.2) is 4.98 Å². The zero-order valence-electron chi connectivity index (χ0n) is 10.4. The maximum atomic E-state index is 5.11. The van der Waals surface area contributed by atoms with Crippen molar-refractivity contribution in [3.05, 3.63) is 48.5 Å². The molecule has 1 heterocycles. The number of para-hydroxylation sites is 2. The molecule has 0 radical (unpaired) electrons. The minimum Gasteiger partial charge on any atom is -0.474 e. The number of hydrogen-bond donors (Lipinski definition) is 1. The van der Waals surface area contributed by atoms with E-state index in [2.05, 4.69) is 10.3 Å². The first-order chi connectivity index (χ1) is 9.29. The molecule has 0 bridgehead atoms. The summed E-state index contributed by atoms with van der Waals surface area (Å²) in [6, 6.07) is 15.9. The molecule has 3 nitrogen and oxygen atoms in total. The summed E-state index contributed by atoms with van der Waals surface area (Å²) in [6.45, 7) is 0. The SMILES string of the molecule is COC(=S)Nc1c2ccccc2nc2ccccc12. The summed E-state index contributed by atoms with van der Waals surface area (Å²) < 4.78 is 5.05. The van der Waals surface area contributed by atoms with Crippen molar-refractivity contribution in [2.45, 2.75) is 0 Å². The summed E-state index contributed by atoms with van der Waals surface area (Å²) in [4.78, 5) is 4.65. The third kappa shape index (κ3) is 2.11. The first-order valence-electron chi connectivity index (χ1n) is 5.92. The molecule has 0 aliphatic rings. The zero-order chi connectivity index (χ0) is 13.2. The van der Waals surface area contributed by atoms with E-state index in [9.17, 15) is 0 Å². The molecule has 0 saturated carbocycles. The molecule has 3 rings (SSSR count). The van der Waals surface area contributed by atoms with Crippen molar-refractivity contribution in [2.75, 3.05) is 12.4 Å². The van der Waals surface area contributed by atoms with E-state index in [4.69, 9.17) is 17.0 Å². The number of anilines is 1. The van der Waals surface area contributed by atoms with Crippen LogP contribution in [0, 0.1) is 0 Å². The number of methoxy groups -OCH3 is 1. The lowest BCUT2D eigenvalue weighted by molar-refractivity contribution is 0.413. The van der Waals surface area contributed by atoms with E-state index < -0.39 is 0 Å². The molecule has 0 amide bonds. The van der Waals surface area contributed by atoms with Gasteiger partial charge in [-0.3, -0.25) is 0 Å². The average Bonchev–Trinajstić information content (AvgIpc) is 2.46. The van der Waals surface area contributed by atoms with Crippen molar-refractivity contribution < 1.29 is 4.74 Å². The van der Waals surface area contributed by atoms with Gasteiger partial charge in [-0.2, -0.15) is 0 Å². The smallest absolute Gasteiger partial charge is 0.260 e. The number of nitrogens with zero attached hydrogens (tertiary/aromatic N) is 1. The molecule has 0 spiro atoms. The van der Waals surface area contributed by atoms with E-state index in [-0.39, 0.29) is 0 Å². The van der Waals surface area contributed by atoms with Gasteiger partial charge in [0.15, 0.2) is 0 Å². The van der Waals surface area contributed by atoms with Crippen molar-refractivity contribution in [1.82, 2.24) is 4.98 Å². The minimum absolute atomic E-state index is 0.349. The van der Waals surface area contributed by atoms with Gasteiger partial charge in [0.2, 0.25) is 0 Å². The number of hydrogen-bond acceptors (Lipinski definition) is 3. The second kappa shape index (κ2) is 4.82. The van der Waals surface area contributed by atoms with E-state index in [1.165, 1.54) is 0 Å². The Morgan fingerprint density at radius 1 is 1.00 bits per heavy atom. The second-order valence-electron chi connectivity index (χ2n) is 4.14. The topological polar surface area (TPSA) is 34.1 Å². The molecule has 0 saturated heterocycles. The number of aromatic nitrogens is 1. The predicted octanol–water partition coefficient (Wildman–Crippen LogP) is 3.73. The van der Waals surface area contributed by atoms with Crippen molar-refractivity contribution >= 4 is 44.9 Å². The summed E-state index contributed by atoms with van der Waals surface area (Å²) in [5.74, 6) is 0. The van der Waals surface area contributed by atoms with E-state index in [0.29, 0.717) is 5.17 Å². The van der Waals surface area contributed by atoms with Crippen LogP contribution < -0.4 is 5.32 Å². The lowest BCUT2D eigenvalue weighted by Gasteiger charge is -2.12. The van der Waals surface area contributed by atoms with Crippen molar-refractivity contribution in [1.29, 1.82) is 0 Å². The van der Waals surface area contributed by atoms with Crippen LogP contribution in [-0.2, 0) is 4.74 Å². The van der Waals surface area contributed by atoms with Crippen LogP contribution in [0.15, 0.2) is 48.5 Å². The van der Waals surface area contributed by atoms with Crippen LogP contribution in [0.3, 0.4) is 0 Å². The third-order valence-electron chi connectivity index (χ3n) is 3.00. The van der Waals surface area contributed by atoms with Crippen LogP contribution in [0.4, 0.5) is 5.69 Å². The highest BCUT2D eigenvalue weighted by atomic mass is 32.1. The normalized spacial score (nSPS) is 10.6. The first-order valence-corrected chi connectivity index (χ1v) is 6.33. The average molecular weight is 268 g/mol. The molecule has 1 aromatic heterocycles. The van der Waals surface area contributed by atoms with E-state index in [1.54, 1.807) is 7.11 Å². The van der Waals surface area contributed by atoms with Gasteiger partial charge in [-0.15, -0.1) is 0 Å². The highest BCUT2D eigenvalue weighted by molar-refractivity contribution is 7.80. The molecule has 0 aliphatic heterocycles. The summed E-state index contributed by atoms with van der Waals surface area (Å²) in [6.07, 6.45) is 0. The maximum Gasteiger partial charge on any atom is 0.260 e. The predicted molar refractivity (Wildman–Crippen MR) is 82.5 cm³/mol. The number of thiocarbonyl (C=S) groups is 1. The Morgan fingerprint density at radius 2 is 1.53 bits per heavy atom. The molecule has 19 heavy (non-hydrogen) atoms. The van der Waals surface area contributed by atoms with Crippen molar-refractivity contribution in [3.63, 3.8) is 0 Å². The molecule has 94 valence electrons. The highest BCUT2D eigenvalue weighted by Gasteiger charge is 2.09. The largest absolute Gasteiger partial charge is 0.474 e. The van der Waals surface area contributed by atoms with Crippen LogP contribution in [0.2, 0.25) is 0 Å². The third-order valence-corrected chi connectivity index (χ3v) is 3.27. The van der Waals surface area contributed by atoms with Crippen LogP contribution >= 0.6 is 12.2 Å². The van der Waals surface area contributed by atoms with Crippen molar-refractivity contribution in [2.24, 2.45) is 0 Å². The number of benzene rings is 2. The van der Waals surface area contributed by atoms with Gasteiger partial charge in [0.1, 0.15) is 0 Å². The van der Waals surface area contributed by atoms with Crippen LogP contribution in [0.5, 0.6) is 0 Å². The molecule has 0 atom stereocenters. The Balaban J connectivity index is 2.36. The zero-order valence-corrected chi connectivity index (χ0v) is 11.2. The van der Waals surface area contributed by atoms with Gasteiger partial charge in [-0.05, 0) is 24.4 Å². The van der Waals surface area contributed by atoms with Crippen molar-refractivity contribution in [3.8, 4) is 0 Å². The van der Waals surface area contributed by atoms with Gasteiger partial charge in [0.25, 0.3) is 5.17 Å². The van der Waals surface area contributed by atoms with E-state index in [1.807, 2.05) is 48.5 Å². The standard InChI is InChI=1S/C15H12N2OS/c1-18-15(19)17-14-10-6-2-4-8-12(10)16-13-9-5-3-7-11(13)14/h2-9H,1H3,(H,16,17,19). The lowest BCUT2D eigenvalue weighted by atomic mass is 10.1. The molecule has 0 aliphatic carbocycles. The Bertz CT molecular complexity index is 716. The number of fused-ring (bicyclic) bond motifs is 2. The van der Waals surface area contributed by atoms with Gasteiger partial charge in [0.05, 0.1) is 23.8 Å². The minimum atomic E-state index is 0.349. The fourth-order valence-corrected chi connectivity index (χ4v) is 2.23. The summed E-state index contributed by atoms with van der Waals surface area (Å²) in [5.41, 5.74) is 2.80. The number of nitrogens with one attached hydrogen (secondary N) is 1. The molecule has 0 fully saturated rings. The molecule has 2 aromatic carbocycles. The monoisotopic (exact) mass is 268 g/mol. The first kappa shape index (κ1) is 11.9. The van der Waals surface area contributed by atoms with E-state index >= 15 is 0 Å². The Hall–Kier alpha value is -2.20. The van der Waals surface area contributed by atoms with Crippen LogP contribution in [0.1, 0.15) is 0 Å². The number of rotatable bonds is 1. The van der Waals surface area contributed by atoms with Crippen LogP contribution in [0.25, 0.3) is 21.8 Å². The molecule has 3 aromatic rings. The molecular weight excluding hydrogens is 256 g/mol. The summed E-state index contributed by atoms with van der Waals surface area (Å²) in [5, 5.41) is 5.55. The van der Waals surface area contributed by atoms with Gasteiger partial charge in [0, 0.05) is 10.8 Å². The van der Waals surface area contributed by atoms with Gasteiger partial charge in [-0.1, -0.05) is 36.4 Å². The lowest BCUT2D eigenvalue weighted by Crippen LogP contribution is -2.11. The Kier molecular flexibility index (Phi) is 3.01.